The molecule has 1 aromatic rings. The van der Waals surface area contributed by atoms with Crippen LogP contribution in [0.5, 0.6) is 0 Å². The van der Waals surface area contributed by atoms with E-state index in [-0.39, 0.29) is 0 Å². The summed E-state index contributed by atoms with van der Waals surface area (Å²) in [4.78, 5) is 24.9. The van der Waals surface area contributed by atoms with Crippen molar-refractivity contribution in [2.75, 3.05) is 26.7 Å². The van der Waals surface area contributed by atoms with Gasteiger partial charge in [0.05, 0.1) is 26.7 Å². The van der Waals surface area contributed by atoms with Crippen molar-refractivity contribution in [1.29, 1.82) is 0 Å². The van der Waals surface area contributed by atoms with E-state index >= 15 is 0 Å². The van der Waals surface area contributed by atoms with Crippen LogP contribution >= 0.6 is 0 Å². The molecule has 0 spiro atoms. The van der Waals surface area contributed by atoms with Gasteiger partial charge in [-0.05, 0) is 25.2 Å². The summed E-state index contributed by atoms with van der Waals surface area (Å²) in [5, 5.41) is 0. The second-order valence-electron chi connectivity index (χ2n) is 6.29. The zero-order chi connectivity index (χ0) is 14.9. The molecule has 1 atom stereocenters. The molecule has 4 heteroatoms. The molecule has 0 saturated carbocycles. The van der Waals surface area contributed by atoms with Crippen LogP contribution in [0.2, 0.25) is 0 Å². The molecular weight excluding hydrogens is 266 g/mol. The van der Waals surface area contributed by atoms with Gasteiger partial charge in [-0.2, -0.15) is 0 Å². The third-order valence-electron chi connectivity index (χ3n) is 5.53. The fourth-order valence-electron chi connectivity index (χ4n) is 4.25. The molecule has 3 fully saturated rings. The van der Waals surface area contributed by atoms with Crippen LogP contribution in [0, 0.1) is 5.92 Å². The number of hydrogen-bond acceptors (Lipinski definition) is 3. The average Bonchev–Trinajstić information content (AvgIpc) is 2.58. The maximum absolute atomic E-state index is 12.7. The number of quaternary nitrogens is 1. The molecule has 0 N–H and O–H groups in total. The Balaban J connectivity index is 2.16. The number of rotatable bonds is 4. The van der Waals surface area contributed by atoms with Gasteiger partial charge in [0.15, 0.2) is 6.29 Å². The largest absolute Gasteiger partial charge is 0.464 e. The molecule has 112 valence electrons. The van der Waals surface area contributed by atoms with Crippen LogP contribution in [0.1, 0.15) is 24.8 Å². The Morgan fingerprint density at radius 1 is 1.19 bits per heavy atom. The molecule has 0 aromatic heterocycles. The molecule has 3 heterocycles. The predicted molar refractivity (Wildman–Crippen MR) is 78.4 cm³/mol. The number of nitrogens with zero attached hydrogens (tertiary/aromatic N) is 1. The van der Waals surface area contributed by atoms with Crippen LogP contribution in [0.4, 0.5) is 0 Å². The van der Waals surface area contributed by atoms with Gasteiger partial charge in [-0.25, -0.2) is 4.79 Å². The van der Waals surface area contributed by atoms with Crippen LogP contribution in [0.3, 0.4) is 0 Å². The van der Waals surface area contributed by atoms with E-state index in [0.717, 1.165) is 56.7 Å². The Hall–Kier alpha value is -1.68. The van der Waals surface area contributed by atoms with Crippen molar-refractivity contribution in [2.24, 2.45) is 5.92 Å². The molecule has 4 nitrogen and oxygen atoms in total. The normalized spacial score (nSPS) is 30.4. The lowest BCUT2D eigenvalue weighted by Crippen LogP contribution is -2.72. The molecule has 3 saturated heterocycles. The Morgan fingerprint density at radius 3 is 2.24 bits per heavy atom. The standard InChI is InChI=1S/C17H22NO3/c1-21-16(20)17(13-19,15-5-3-2-4-6-15)18-10-7-14(8-11-18)9-12-18/h2-6,13-14H,7-12H2,1H3/q+1. The number of piperidine rings is 3. The molecule has 1 aromatic carbocycles. The summed E-state index contributed by atoms with van der Waals surface area (Å²) in [5.41, 5.74) is -0.450. The zero-order valence-corrected chi connectivity index (χ0v) is 12.5. The Labute approximate surface area is 125 Å². The highest BCUT2D eigenvalue weighted by atomic mass is 16.5. The van der Waals surface area contributed by atoms with E-state index in [1.807, 2.05) is 30.3 Å². The van der Waals surface area contributed by atoms with Crippen LogP contribution in [-0.2, 0) is 19.9 Å². The van der Waals surface area contributed by atoms with Crippen molar-refractivity contribution < 1.29 is 18.8 Å². The smallest absolute Gasteiger partial charge is 0.380 e. The maximum Gasteiger partial charge on any atom is 0.380 e. The third-order valence-corrected chi connectivity index (χ3v) is 5.53. The molecule has 1 unspecified atom stereocenters. The van der Waals surface area contributed by atoms with Crippen LogP contribution < -0.4 is 0 Å². The second-order valence-corrected chi connectivity index (χ2v) is 6.29. The van der Waals surface area contributed by atoms with E-state index < -0.39 is 11.5 Å². The SMILES string of the molecule is COC(=O)C(C=O)(c1ccccc1)[N+]12CCC(CC1)CC2. The van der Waals surface area contributed by atoms with Crippen molar-refractivity contribution in [2.45, 2.75) is 24.8 Å². The number of ether oxygens (including phenoxy) is 1. The number of aldehydes is 1. The fourth-order valence-corrected chi connectivity index (χ4v) is 4.25. The van der Waals surface area contributed by atoms with Gasteiger partial charge in [0.1, 0.15) is 0 Å². The summed E-state index contributed by atoms with van der Waals surface area (Å²) in [6.07, 6.45) is 4.12. The Kier molecular flexibility index (Phi) is 3.57. The van der Waals surface area contributed by atoms with E-state index in [9.17, 15) is 9.59 Å². The quantitative estimate of drug-likeness (QED) is 0.368. The summed E-state index contributed by atoms with van der Waals surface area (Å²) in [5.74, 6) is 0.340. The molecule has 0 amide bonds. The summed E-state index contributed by atoms with van der Waals surface area (Å²) >= 11 is 0. The second kappa shape index (κ2) is 5.26. The first-order chi connectivity index (χ1) is 10.2. The molecular formula is C17H22NO3+. The number of carbonyl (C=O) groups is 2. The number of carbonyl (C=O) groups excluding carboxylic acids is 2. The minimum Gasteiger partial charge on any atom is -0.464 e. The number of esters is 1. The average molecular weight is 288 g/mol. The van der Waals surface area contributed by atoms with Crippen LogP contribution in [0.15, 0.2) is 30.3 Å². The Morgan fingerprint density at radius 2 is 1.76 bits per heavy atom. The lowest BCUT2D eigenvalue weighted by atomic mass is 9.77. The minimum atomic E-state index is -1.21. The van der Waals surface area contributed by atoms with Crippen molar-refractivity contribution in [1.82, 2.24) is 0 Å². The molecule has 3 aliphatic rings. The van der Waals surface area contributed by atoms with E-state index in [0.29, 0.717) is 4.48 Å². The molecule has 21 heavy (non-hydrogen) atoms. The first-order valence-corrected chi connectivity index (χ1v) is 7.65. The van der Waals surface area contributed by atoms with E-state index in [4.69, 9.17) is 4.74 Å². The molecule has 4 rings (SSSR count). The van der Waals surface area contributed by atoms with Gasteiger partial charge in [-0.15, -0.1) is 0 Å². The lowest BCUT2D eigenvalue weighted by molar-refractivity contribution is -0.977. The van der Waals surface area contributed by atoms with Gasteiger partial charge in [-0.3, -0.25) is 9.28 Å². The van der Waals surface area contributed by atoms with Gasteiger partial charge < -0.3 is 4.74 Å². The van der Waals surface area contributed by atoms with Gasteiger partial charge in [0.25, 0.3) is 5.54 Å². The first kappa shape index (κ1) is 14.3. The number of benzene rings is 1. The highest BCUT2D eigenvalue weighted by Crippen LogP contribution is 2.44. The van der Waals surface area contributed by atoms with Gasteiger partial charge in [-0.1, -0.05) is 30.3 Å². The molecule has 2 bridgehead atoms. The summed E-state index contributed by atoms with van der Waals surface area (Å²) in [6, 6.07) is 9.41. The molecule has 0 aliphatic carbocycles. The lowest BCUT2D eigenvalue weighted by Gasteiger charge is -2.55. The van der Waals surface area contributed by atoms with Gasteiger partial charge >= 0.3 is 5.97 Å². The monoisotopic (exact) mass is 288 g/mol. The number of hydrogen-bond donors (Lipinski definition) is 0. The Bertz CT molecular complexity index is 520. The summed E-state index contributed by atoms with van der Waals surface area (Å²) in [7, 11) is 1.37. The molecule has 0 radical (unpaired) electrons. The number of fused-ring (bicyclic) bond motifs is 3. The zero-order valence-electron chi connectivity index (χ0n) is 12.5. The fraction of sp³-hybridized carbons (Fsp3) is 0.529. The minimum absolute atomic E-state index is 0.427. The first-order valence-electron chi connectivity index (χ1n) is 7.65. The highest BCUT2D eigenvalue weighted by molar-refractivity contribution is 5.97. The summed E-state index contributed by atoms with van der Waals surface area (Å²) in [6.45, 7) is 2.65. The van der Waals surface area contributed by atoms with Crippen molar-refractivity contribution in [3.8, 4) is 0 Å². The van der Waals surface area contributed by atoms with Gasteiger partial charge in [0, 0.05) is 5.56 Å². The number of methoxy groups -OCH3 is 1. The van der Waals surface area contributed by atoms with Crippen molar-refractivity contribution in [3.63, 3.8) is 0 Å². The predicted octanol–water partition coefficient (Wildman–Crippen LogP) is 1.88. The highest BCUT2D eigenvalue weighted by Gasteiger charge is 2.62. The van der Waals surface area contributed by atoms with E-state index in [2.05, 4.69) is 0 Å². The van der Waals surface area contributed by atoms with Crippen LogP contribution in [-0.4, -0.2) is 43.5 Å². The van der Waals surface area contributed by atoms with Crippen molar-refractivity contribution >= 4 is 12.3 Å². The maximum atomic E-state index is 12.7. The van der Waals surface area contributed by atoms with Crippen molar-refractivity contribution in [3.05, 3.63) is 35.9 Å². The third kappa shape index (κ3) is 1.93. The molecule has 3 aliphatic heterocycles. The van der Waals surface area contributed by atoms with Crippen LogP contribution in [0.25, 0.3) is 0 Å². The van der Waals surface area contributed by atoms with E-state index in [1.54, 1.807) is 0 Å². The summed E-state index contributed by atoms with van der Waals surface area (Å²) < 4.78 is 5.60. The van der Waals surface area contributed by atoms with E-state index in [1.165, 1.54) is 7.11 Å². The van der Waals surface area contributed by atoms with Gasteiger partial charge in [0.2, 0.25) is 0 Å². The topological polar surface area (TPSA) is 43.4 Å².